The predicted octanol–water partition coefficient (Wildman–Crippen LogP) is 3.01. The van der Waals surface area contributed by atoms with Gasteiger partial charge in [-0.1, -0.05) is 35.2 Å². The van der Waals surface area contributed by atoms with Crippen LogP contribution in [-0.2, 0) is 4.79 Å². The average Bonchev–Trinajstić information content (AvgIpc) is 3.04. The standard InChI is InChI=1S/C16H21N5O3S2/c1-4-17-14(23)19-13(22)10(3)25-16-21-20-15(26-16)18-11-8-6-7-9-12(11)24-5-2/h6-10H,4-5H2,1-3H3,(H,18,20)(H2,17,19,22,23)/t10-/m0/s1. The van der Waals surface area contributed by atoms with Crippen molar-refractivity contribution in [1.29, 1.82) is 0 Å². The van der Waals surface area contributed by atoms with Gasteiger partial charge in [-0.2, -0.15) is 0 Å². The molecular weight excluding hydrogens is 374 g/mol. The Balaban J connectivity index is 1.95. The number of carbonyl (C=O) groups excluding carboxylic acids is 2. The maximum absolute atomic E-state index is 12.0. The molecule has 1 heterocycles. The second-order valence-electron chi connectivity index (χ2n) is 5.04. The molecule has 3 amide bonds. The van der Waals surface area contributed by atoms with Gasteiger partial charge in [-0.3, -0.25) is 10.1 Å². The van der Waals surface area contributed by atoms with E-state index in [-0.39, 0.29) is 5.91 Å². The third-order valence-electron chi connectivity index (χ3n) is 3.06. The summed E-state index contributed by atoms with van der Waals surface area (Å²) in [4.78, 5) is 23.4. The van der Waals surface area contributed by atoms with E-state index in [0.29, 0.717) is 22.6 Å². The Morgan fingerprint density at radius 2 is 2.04 bits per heavy atom. The Morgan fingerprint density at radius 3 is 2.77 bits per heavy atom. The molecule has 3 N–H and O–H groups in total. The number of urea groups is 1. The lowest BCUT2D eigenvalue weighted by Gasteiger charge is -2.10. The molecule has 1 aromatic carbocycles. The lowest BCUT2D eigenvalue weighted by atomic mass is 10.3. The van der Waals surface area contributed by atoms with Crippen molar-refractivity contribution in [3.8, 4) is 5.75 Å². The second kappa shape index (κ2) is 9.97. The van der Waals surface area contributed by atoms with Crippen LogP contribution in [0, 0.1) is 0 Å². The zero-order chi connectivity index (χ0) is 18.9. The van der Waals surface area contributed by atoms with Gasteiger partial charge in [0.15, 0.2) is 4.34 Å². The Morgan fingerprint density at radius 1 is 1.27 bits per heavy atom. The number of benzene rings is 1. The number of hydrogen-bond acceptors (Lipinski definition) is 8. The van der Waals surface area contributed by atoms with Crippen molar-refractivity contribution in [3.05, 3.63) is 24.3 Å². The fraction of sp³-hybridized carbons (Fsp3) is 0.375. The van der Waals surface area contributed by atoms with Gasteiger partial charge in [0.25, 0.3) is 0 Å². The fourth-order valence-electron chi connectivity index (χ4n) is 1.90. The molecule has 0 aliphatic rings. The molecule has 2 aromatic rings. The van der Waals surface area contributed by atoms with Gasteiger partial charge in [0.05, 0.1) is 17.5 Å². The minimum Gasteiger partial charge on any atom is -0.492 e. The molecule has 10 heteroatoms. The molecule has 26 heavy (non-hydrogen) atoms. The Hall–Kier alpha value is -2.33. The number of aromatic nitrogens is 2. The first kappa shape index (κ1) is 20.0. The zero-order valence-corrected chi connectivity index (χ0v) is 16.4. The number of nitrogens with zero attached hydrogens (tertiary/aromatic N) is 2. The number of hydrogen-bond donors (Lipinski definition) is 3. The summed E-state index contributed by atoms with van der Waals surface area (Å²) in [6.45, 7) is 6.42. The van der Waals surface area contributed by atoms with Gasteiger partial charge in [-0.05, 0) is 32.9 Å². The van der Waals surface area contributed by atoms with Gasteiger partial charge in [0.1, 0.15) is 5.75 Å². The molecular formula is C16H21N5O3S2. The average molecular weight is 396 g/mol. The maximum Gasteiger partial charge on any atom is 0.321 e. The number of para-hydroxylation sites is 2. The normalized spacial score (nSPS) is 11.5. The first-order valence-electron chi connectivity index (χ1n) is 8.11. The molecule has 2 rings (SSSR count). The van der Waals surface area contributed by atoms with Crippen molar-refractivity contribution in [2.75, 3.05) is 18.5 Å². The number of nitrogens with one attached hydrogen (secondary N) is 3. The molecule has 0 fully saturated rings. The lowest BCUT2D eigenvalue weighted by molar-refractivity contribution is -0.119. The SMILES string of the molecule is CCNC(=O)NC(=O)[C@H](C)Sc1nnc(Nc2ccccc2OCC)s1. The quantitative estimate of drug-likeness (QED) is 0.590. The molecule has 0 spiro atoms. The predicted molar refractivity (Wildman–Crippen MR) is 103 cm³/mol. The minimum absolute atomic E-state index is 0.382. The number of imide groups is 1. The minimum atomic E-state index is -0.503. The van der Waals surface area contributed by atoms with Gasteiger partial charge in [-0.15, -0.1) is 10.2 Å². The van der Waals surface area contributed by atoms with Gasteiger partial charge in [0, 0.05) is 6.54 Å². The highest BCUT2D eigenvalue weighted by Crippen LogP contribution is 2.33. The van der Waals surface area contributed by atoms with Crippen LogP contribution < -0.4 is 20.7 Å². The molecule has 1 atom stereocenters. The zero-order valence-electron chi connectivity index (χ0n) is 14.7. The van der Waals surface area contributed by atoms with E-state index < -0.39 is 11.3 Å². The first-order chi connectivity index (χ1) is 12.5. The van der Waals surface area contributed by atoms with Crippen LogP contribution in [0.5, 0.6) is 5.75 Å². The molecule has 0 aliphatic heterocycles. The largest absolute Gasteiger partial charge is 0.492 e. The summed E-state index contributed by atoms with van der Waals surface area (Å²) in [5.41, 5.74) is 0.795. The smallest absolute Gasteiger partial charge is 0.321 e. The molecule has 1 aromatic heterocycles. The van der Waals surface area contributed by atoms with E-state index in [9.17, 15) is 9.59 Å². The summed E-state index contributed by atoms with van der Waals surface area (Å²) < 4.78 is 6.19. The van der Waals surface area contributed by atoms with E-state index in [1.165, 1.54) is 23.1 Å². The van der Waals surface area contributed by atoms with Crippen LogP contribution in [0.15, 0.2) is 28.6 Å². The molecule has 0 unspecified atom stereocenters. The van der Waals surface area contributed by atoms with Crippen LogP contribution in [-0.4, -0.2) is 40.5 Å². The van der Waals surface area contributed by atoms with Crippen molar-refractivity contribution < 1.29 is 14.3 Å². The van der Waals surface area contributed by atoms with Gasteiger partial charge in [-0.25, -0.2) is 4.79 Å². The van der Waals surface area contributed by atoms with Crippen molar-refractivity contribution in [3.63, 3.8) is 0 Å². The van der Waals surface area contributed by atoms with Crippen LogP contribution in [0.4, 0.5) is 15.6 Å². The van der Waals surface area contributed by atoms with Gasteiger partial charge < -0.3 is 15.4 Å². The second-order valence-corrected chi connectivity index (χ2v) is 7.60. The molecule has 0 aliphatic carbocycles. The summed E-state index contributed by atoms with van der Waals surface area (Å²) in [6, 6.07) is 7.05. The third kappa shape index (κ3) is 5.88. The number of anilines is 2. The highest BCUT2D eigenvalue weighted by molar-refractivity contribution is 8.02. The van der Waals surface area contributed by atoms with E-state index >= 15 is 0 Å². The van der Waals surface area contributed by atoms with E-state index in [0.717, 1.165) is 11.4 Å². The Bertz CT molecular complexity index is 753. The van der Waals surface area contributed by atoms with E-state index in [4.69, 9.17) is 4.74 Å². The lowest BCUT2D eigenvalue weighted by Crippen LogP contribution is -2.42. The molecule has 0 saturated carbocycles. The van der Waals surface area contributed by atoms with Crippen LogP contribution in [0.1, 0.15) is 20.8 Å². The third-order valence-corrected chi connectivity index (χ3v) is 5.08. The number of rotatable bonds is 8. The summed E-state index contributed by atoms with van der Waals surface area (Å²) in [5.74, 6) is 0.349. The van der Waals surface area contributed by atoms with Crippen LogP contribution in [0.2, 0.25) is 0 Å². The topological polar surface area (TPSA) is 105 Å². The van der Waals surface area contributed by atoms with Crippen LogP contribution >= 0.6 is 23.1 Å². The molecule has 0 saturated heterocycles. The Kier molecular flexibility index (Phi) is 7.67. The first-order valence-corrected chi connectivity index (χ1v) is 9.80. The van der Waals surface area contributed by atoms with Crippen molar-refractivity contribution in [2.45, 2.75) is 30.4 Å². The van der Waals surface area contributed by atoms with Crippen molar-refractivity contribution >= 4 is 45.9 Å². The number of carbonyl (C=O) groups is 2. The molecule has 0 radical (unpaired) electrons. The van der Waals surface area contributed by atoms with E-state index in [2.05, 4.69) is 26.1 Å². The summed E-state index contributed by atoms with van der Waals surface area (Å²) in [5, 5.41) is 16.2. The van der Waals surface area contributed by atoms with Gasteiger partial charge >= 0.3 is 6.03 Å². The highest BCUT2D eigenvalue weighted by atomic mass is 32.2. The van der Waals surface area contributed by atoms with Crippen molar-refractivity contribution in [1.82, 2.24) is 20.8 Å². The maximum atomic E-state index is 12.0. The van der Waals surface area contributed by atoms with E-state index in [1.807, 2.05) is 31.2 Å². The van der Waals surface area contributed by atoms with Crippen LogP contribution in [0.25, 0.3) is 0 Å². The number of thioether (sulfide) groups is 1. The summed E-state index contributed by atoms with van der Waals surface area (Å²) >= 11 is 2.56. The van der Waals surface area contributed by atoms with Crippen LogP contribution in [0.3, 0.4) is 0 Å². The van der Waals surface area contributed by atoms with Crippen molar-refractivity contribution in [2.24, 2.45) is 0 Å². The fourth-order valence-corrected chi connectivity index (χ4v) is 3.81. The number of amides is 3. The summed E-state index contributed by atoms with van der Waals surface area (Å²) in [6.07, 6.45) is 0. The number of ether oxygens (including phenoxy) is 1. The molecule has 8 nitrogen and oxygen atoms in total. The Labute approximate surface area is 160 Å². The molecule has 140 valence electrons. The highest BCUT2D eigenvalue weighted by Gasteiger charge is 2.19. The summed E-state index contributed by atoms with van der Waals surface area (Å²) in [7, 11) is 0. The van der Waals surface area contributed by atoms with Gasteiger partial charge in [0.2, 0.25) is 11.0 Å². The monoisotopic (exact) mass is 395 g/mol. The van der Waals surface area contributed by atoms with E-state index in [1.54, 1.807) is 13.8 Å². The molecule has 0 bridgehead atoms.